The number of carbonyl (C=O) groups excluding carboxylic acids is 1. The Morgan fingerprint density at radius 1 is 1.12 bits per heavy atom. The van der Waals surface area contributed by atoms with Gasteiger partial charge in [-0.15, -0.1) is 0 Å². The van der Waals surface area contributed by atoms with E-state index in [0.29, 0.717) is 40.9 Å². The highest BCUT2D eigenvalue weighted by Gasteiger charge is 2.35. The van der Waals surface area contributed by atoms with Crippen LogP contribution in [-0.2, 0) is 16.4 Å². The number of nitrogens with zero attached hydrogens (tertiary/aromatic N) is 1. The van der Waals surface area contributed by atoms with Crippen molar-refractivity contribution >= 4 is 27.3 Å². The molecule has 1 unspecified atom stereocenters. The second kappa shape index (κ2) is 9.85. The summed E-state index contributed by atoms with van der Waals surface area (Å²) in [5.74, 6) is 1.62. The Kier molecular flexibility index (Phi) is 6.91. The van der Waals surface area contributed by atoms with E-state index in [0.717, 1.165) is 5.56 Å². The summed E-state index contributed by atoms with van der Waals surface area (Å²) in [5, 5.41) is 0.630. The summed E-state index contributed by atoms with van der Waals surface area (Å²) in [6, 6.07) is 17.3. The van der Waals surface area contributed by atoms with Crippen LogP contribution in [0.2, 0.25) is 5.02 Å². The van der Waals surface area contributed by atoms with Crippen LogP contribution in [0.5, 0.6) is 5.75 Å². The topological polar surface area (TPSA) is 76.8 Å². The summed E-state index contributed by atoms with van der Waals surface area (Å²) < 4.78 is 35.7. The van der Waals surface area contributed by atoms with Gasteiger partial charge in [0.05, 0.1) is 18.1 Å². The number of benzene rings is 2. The number of rotatable bonds is 8. The number of hydrogen-bond acceptors (Lipinski definition) is 5. The summed E-state index contributed by atoms with van der Waals surface area (Å²) in [4.78, 5) is 15.0. The second-order valence-corrected chi connectivity index (χ2v) is 10.6. The van der Waals surface area contributed by atoms with Crippen molar-refractivity contribution in [2.75, 3.05) is 18.1 Å². The van der Waals surface area contributed by atoms with Gasteiger partial charge in [0.1, 0.15) is 23.9 Å². The van der Waals surface area contributed by atoms with Crippen LogP contribution < -0.4 is 4.74 Å². The van der Waals surface area contributed by atoms with Crippen molar-refractivity contribution in [2.24, 2.45) is 0 Å². The molecule has 1 aliphatic heterocycles. The molecule has 0 N–H and O–H groups in total. The molecule has 1 atom stereocenters. The molecule has 0 radical (unpaired) electrons. The normalized spacial score (nSPS) is 16.9. The summed E-state index contributed by atoms with van der Waals surface area (Å²) >= 11 is 5.96. The molecule has 1 fully saturated rings. The third-order valence-corrected chi connectivity index (χ3v) is 7.50. The number of amides is 1. The van der Waals surface area contributed by atoms with Crippen LogP contribution in [0.25, 0.3) is 11.3 Å². The Labute approximate surface area is 198 Å². The first-order valence-corrected chi connectivity index (χ1v) is 12.7. The smallest absolute Gasteiger partial charge is 0.254 e. The predicted octanol–water partition coefficient (Wildman–Crippen LogP) is 4.99. The van der Waals surface area contributed by atoms with Crippen molar-refractivity contribution in [1.29, 1.82) is 0 Å². The average molecular weight is 486 g/mol. The number of halogens is 1. The Balaban J connectivity index is 1.57. The molecule has 1 aliphatic rings. The molecule has 1 amide bonds. The molecule has 172 valence electrons. The molecular weight excluding hydrogens is 462 g/mol. The van der Waals surface area contributed by atoms with Crippen LogP contribution in [0.15, 0.2) is 77.7 Å². The van der Waals surface area contributed by atoms with Gasteiger partial charge >= 0.3 is 0 Å². The van der Waals surface area contributed by atoms with Gasteiger partial charge in [0, 0.05) is 22.2 Å². The maximum atomic E-state index is 13.4. The van der Waals surface area contributed by atoms with E-state index in [4.69, 9.17) is 20.8 Å². The van der Waals surface area contributed by atoms with E-state index in [2.05, 4.69) is 6.58 Å². The van der Waals surface area contributed by atoms with Crippen LogP contribution in [0.4, 0.5) is 0 Å². The van der Waals surface area contributed by atoms with Crippen LogP contribution >= 0.6 is 11.6 Å². The standard InChI is InChI=1S/C25H24ClNO5S/c1-2-14-31-22-9-5-19(6-10-22)25(28)27(21-13-15-33(29,30)17-21)16-23-11-12-24(32-23)18-3-7-20(26)8-4-18/h2-12,21H,1,13-17H2. The molecule has 4 rings (SSSR count). The lowest BCUT2D eigenvalue weighted by atomic mass is 10.1. The highest BCUT2D eigenvalue weighted by Crippen LogP contribution is 2.27. The van der Waals surface area contributed by atoms with Gasteiger partial charge in [-0.1, -0.05) is 24.3 Å². The van der Waals surface area contributed by atoms with Gasteiger partial charge in [-0.3, -0.25) is 4.79 Å². The number of ether oxygens (including phenoxy) is 1. The maximum Gasteiger partial charge on any atom is 0.254 e. The van der Waals surface area contributed by atoms with Crippen molar-refractivity contribution in [1.82, 2.24) is 4.90 Å². The SMILES string of the molecule is C=CCOc1ccc(C(=O)N(Cc2ccc(-c3ccc(Cl)cc3)o2)C2CCS(=O)(=O)C2)cc1. The van der Waals surface area contributed by atoms with Crippen molar-refractivity contribution < 1.29 is 22.4 Å². The Morgan fingerprint density at radius 2 is 1.85 bits per heavy atom. The summed E-state index contributed by atoms with van der Waals surface area (Å²) in [7, 11) is -3.17. The largest absolute Gasteiger partial charge is 0.490 e. The van der Waals surface area contributed by atoms with Gasteiger partial charge in [-0.05, 0) is 67.1 Å². The van der Waals surface area contributed by atoms with Gasteiger partial charge in [0.25, 0.3) is 5.91 Å². The van der Waals surface area contributed by atoms with Crippen LogP contribution in [0.3, 0.4) is 0 Å². The number of hydrogen-bond donors (Lipinski definition) is 0. The van der Waals surface area contributed by atoms with E-state index in [1.165, 1.54) is 0 Å². The van der Waals surface area contributed by atoms with Crippen molar-refractivity contribution in [3.05, 3.63) is 89.7 Å². The van der Waals surface area contributed by atoms with Gasteiger partial charge in [-0.25, -0.2) is 8.42 Å². The molecule has 33 heavy (non-hydrogen) atoms. The fourth-order valence-corrected chi connectivity index (χ4v) is 5.66. The zero-order valence-corrected chi connectivity index (χ0v) is 19.5. The Bertz CT molecular complexity index is 1230. The second-order valence-electron chi connectivity index (χ2n) is 7.89. The lowest BCUT2D eigenvalue weighted by molar-refractivity contribution is 0.0666. The van der Waals surface area contributed by atoms with E-state index in [9.17, 15) is 13.2 Å². The molecule has 2 heterocycles. The summed E-state index contributed by atoms with van der Waals surface area (Å²) in [5.41, 5.74) is 1.32. The Hall–Kier alpha value is -3.03. The highest BCUT2D eigenvalue weighted by atomic mass is 35.5. The van der Waals surface area contributed by atoms with E-state index < -0.39 is 15.9 Å². The van der Waals surface area contributed by atoms with Crippen molar-refractivity contribution in [3.8, 4) is 17.1 Å². The van der Waals surface area contributed by atoms with Crippen molar-refractivity contribution in [3.63, 3.8) is 0 Å². The van der Waals surface area contributed by atoms with E-state index in [1.54, 1.807) is 53.4 Å². The van der Waals surface area contributed by atoms with Gasteiger partial charge < -0.3 is 14.1 Å². The zero-order chi connectivity index (χ0) is 23.4. The fourth-order valence-electron chi connectivity index (χ4n) is 3.80. The molecule has 2 aromatic carbocycles. The summed E-state index contributed by atoms with van der Waals surface area (Å²) in [6.45, 7) is 4.15. The monoisotopic (exact) mass is 485 g/mol. The summed E-state index contributed by atoms with van der Waals surface area (Å²) in [6.07, 6.45) is 2.04. The number of carbonyl (C=O) groups is 1. The molecule has 6 nitrogen and oxygen atoms in total. The third-order valence-electron chi connectivity index (χ3n) is 5.50. The molecular formula is C25H24ClNO5S. The highest BCUT2D eigenvalue weighted by molar-refractivity contribution is 7.91. The molecule has 0 bridgehead atoms. The third kappa shape index (κ3) is 5.67. The van der Waals surface area contributed by atoms with Crippen LogP contribution in [-0.4, -0.2) is 43.4 Å². The molecule has 0 aliphatic carbocycles. The van der Waals surface area contributed by atoms with E-state index in [-0.39, 0.29) is 24.0 Å². The minimum Gasteiger partial charge on any atom is -0.490 e. The molecule has 1 aromatic heterocycles. The lowest BCUT2D eigenvalue weighted by Gasteiger charge is -2.27. The van der Waals surface area contributed by atoms with Crippen molar-refractivity contribution in [2.45, 2.75) is 19.0 Å². The molecule has 3 aromatic rings. The number of sulfone groups is 1. The first kappa shape index (κ1) is 23.1. The van der Waals surface area contributed by atoms with Crippen LogP contribution in [0, 0.1) is 0 Å². The number of furan rings is 1. The van der Waals surface area contributed by atoms with Gasteiger partial charge in [0.2, 0.25) is 0 Å². The zero-order valence-electron chi connectivity index (χ0n) is 17.9. The fraction of sp³-hybridized carbons (Fsp3) is 0.240. The molecule has 0 saturated carbocycles. The van der Waals surface area contributed by atoms with E-state index in [1.807, 2.05) is 18.2 Å². The maximum absolute atomic E-state index is 13.4. The molecule has 0 spiro atoms. The molecule has 8 heteroatoms. The van der Waals surface area contributed by atoms with Gasteiger partial charge in [-0.2, -0.15) is 0 Å². The predicted molar refractivity (Wildman–Crippen MR) is 128 cm³/mol. The van der Waals surface area contributed by atoms with Gasteiger partial charge in [0.15, 0.2) is 9.84 Å². The Morgan fingerprint density at radius 3 is 2.48 bits per heavy atom. The van der Waals surface area contributed by atoms with Crippen LogP contribution in [0.1, 0.15) is 22.5 Å². The first-order valence-electron chi connectivity index (χ1n) is 10.5. The average Bonchev–Trinajstić information content (AvgIpc) is 3.42. The first-order chi connectivity index (χ1) is 15.8. The minimum atomic E-state index is -3.17. The minimum absolute atomic E-state index is 0.0516. The molecule has 1 saturated heterocycles. The lowest BCUT2D eigenvalue weighted by Crippen LogP contribution is -2.40. The van der Waals surface area contributed by atoms with E-state index >= 15 is 0 Å². The quantitative estimate of drug-likeness (QED) is 0.420.